The van der Waals surface area contributed by atoms with E-state index in [0.29, 0.717) is 0 Å². The number of hydrogen-bond acceptors (Lipinski definition) is 2. The summed E-state index contributed by atoms with van der Waals surface area (Å²) >= 11 is 0. The molecule has 2 N–H and O–H groups in total. The van der Waals surface area contributed by atoms with Crippen LogP contribution in [0, 0.1) is 11.7 Å². The Morgan fingerprint density at radius 3 is 2.78 bits per heavy atom. The number of anilines is 1. The molecule has 0 amide bonds. The standard InChI is InChI=1S/C15H23FN2/c1-11-4-3-8-18(9-7-11)15-6-5-13(12(2)17)10-14(15)16/h5-6,10-12H,3-4,7-9,17H2,1-2H3. The van der Waals surface area contributed by atoms with Gasteiger partial charge in [-0.3, -0.25) is 0 Å². The van der Waals surface area contributed by atoms with E-state index >= 15 is 0 Å². The summed E-state index contributed by atoms with van der Waals surface area (Å²) in [6, 6.07) is 5.29. The highest BCUT2D eigenvalue weighted by molar-refractivity contribution is 5.49. The van der Waals surface area contributed by atoms with Crippen molar-refractivity contribution in [3.8, 4) is 0 Å². The maximum atomic E-state index is 14.1. The van der Waals surface area contributed by atoms with Gasteiger partial charge in [0.2, 0.25) is 0 Å². The number of halogens is 1. The number of benzene rings is 1. The fraction of sp³-hybridized carbons (Fsp3) is 0.600. The van der Waals surface area contributed by atoms with Gasteiger partial charge in [-0.05, 0) is 49.8 Å². The van der Waals surface area contributed by atoms with Crippen LogP contribution in [0.3, 0.4) is 0 Å². The minimum atomic E-state index is -0.139. The number of rotatable bonds is 2. The summed E-state index contributed by atoms with van der Waals surface area (Å²) in [4.78, 5) is 2.17. The summed E-state index contributed by atoms with van der Waals surface area (Å²) in [5.41, 5.74) is 7.36. The molecule has 1 aromatic carbocycles. The zero-order valence-electron chi connectivity index (χ0n) is 11.3. The van der Waals surface area contributed by atoms with Crippen LogP contribution in [0.4, 0.5) is 10.1 Å². The van der Waals surface area contributed by atoms with Crippen LogP contribution in [0.5, 0.6) is 0 Å². The molecule has 0 radical (unpaired) electrons. The Bertz CT molecular complexity index is 403. The van der Waals surface area contributed by atoms with Crippen molar-refractivity contribution in [1.82, 2.24) is 0 Å². The molecule has 1 heterocycles. The van der Waals surface area contributed by atoms with Crippen LogP contribution in [0.15, 0.2) is 18.2 Å². The molecule has 0 bridgehead atoms. The Labute approximate surface area is 109 Å². The summed E-state index contributed by atoms with van der Waals surface area (Å²) in [5.74, 6) is 0.612. The van der Waals surface area contributed by atoms with Crippen LogP contribution in [0.25, 0.3) is 0 Å². The number of hydrogen-bond donors (Lipinski definition) is 1. The average molecular weight is 250 g/mol. The molecule has 18 heavy (non-hydrogen) atoms. The Morgan fingerprint density at radius 1 is 1.33 bits per heavy atom. The maximum absolute atomic E-state index is 14.1. The molecular weight excluding hydrogens is 227 g/mol. The SMILES string of the molecule is CC1CCCN(c2ccc(C(C)N)cc2F)CC1. The Morgan fingerprint density at radius 2 is 2.11 bits per heavy atom. The van der Waals surface area contributed by atoms with E-state index in [9.17, 15) is 4.39 Å². The third kappa shape index (κ3) is 3.02. The first-order valence-electron chi connectivity index (χ1n) is 6.88. The summed E-state index contributed by atoms with van der Waals surface area (Å²) in [6.45, 7) is 6.06. The molecule has 0 aromatic heterocycles. The molecule has 3 heteroatoms. The van der Waals surface area contributed by atoms with Crippen molar-refractivity contribution in [2.24, 2.45) is 11.7 Å². The number of nitrogens with zero attached hydrogens (tertiary/aromatic N) is 1. The summed E-state index contributed by atoms with van der Waals surface area (Å²) in [6.07, 6.45) is 3.54. The molecule has 2 rings (SSSR count). The summed E-state index contributed by atoms with van der Waals surface area (Å²) in [5, 5.41) is 0. The highest BCUT2D eigenvalue weighted by Crippen LogP contribution is 2.26. The average Bonchev–Trinajstić information content (AvgIpc) is 2.54. The molecule has 0 saturated carbocycles. The lowest BCUT2D eigenvalue weighted by atomic mass is 10.0. The molecule has 1 aliphatic heterocycles. The van der Waals surface area contributed by atoms with Gasteiger partial charge >= 0.3 is 0 Å². The summed E-state index contributed by atoms with van der Waals surface area (Å²) in [7, 11) is 0. The molecule has 1 saturated heterocycles. The van der Waals surface area contributed by atoms with Gasteiger partial charge in [0.15, 0.2) is 0 Å². The monoisotopic (exact) mass is 250 g/mol. The van der Waals surface area contributed by atoms with E-state index in [0.717, 1.165) is 43.1 Å². The van der Waals surface area contributed by atoms with Crippen LogP contribution in [-0.4, -0.2) is 13.1 Å². The van der Waals surface area contributed by atoms with Gasteiger partial charge in [-0.2, -0.15) is 0 Å². The molecule has 0 aliphatic carbocycles. The van der Waals surface area contributed by atoms with Crippen molar-refractivity contribution in [2.75, 3.05) is 18.0 Å². The molecule has 1 fully saturated rings. The van der Waals surface area contributed by atoms with E-state index in [1.807, 2.05) is 19.1 Å². The topological polar surface area (TPSA) is 29.3 Å². The van der Waals surface area contributed by atoms with E-state index in [1.54, 1.807) is 6.07 Å². The second kappa shape index (κ2) is 5.70. The maximum Gasteiger partial charge on any atom is 0.146 e. The lowest BCUT2D eigenvalue weighted by Crippen LogP contribution is -2.25. The van der Waals surface area contributed by atoms with E-state index in [2.05, 4.69) is 11.8 Å². The minimum Gasteiger partial charge on any atom is -0.369 e. The van der Waals surface area contributed by atoms with Crippen molar-refractivity contribution < 1.29 is 4.39 Å². The third-order valence-electron chi connectivity index (χ3n) is 3.85. The Balaban J connectivity index is 2.17. The fourth-order valence-electron chi connectivity index (χ4n) is 2.57. The van der Waals surface area contributed by atoms with Crippen LogP contribution >= 0.6 is 0 Å². The second-order valence-corrected chi connectivity index (χ2v) is 5.52. The molecular formula is C15H23FN2. The quantitative estimate of drug-likeness (QED) is 0.870. The predicted molar refractivity (Wildman–Crippen MR) is 74.2 cm³/mol. The van der Waals surface area contributed by atoms with E-state index in [1.165, 1.54) is 6.42 Å². The van der Waals surface area contributed by atoms with Crippen LogP contribution in [0.2, 0.25) is 0 Å². The molecule has 100 valence electrons. The molecule has 2 unspecified atom stereocenters. The van der Waals surface area contributed by atoms with Crippen molar-refractivity contribution in [3.05, 3.63) is 29.6 Å². The molecule has 0 spiro atoms. The van der Waals surface area contributed by atoms with Crippen molar-refractivity contribution in [3.63, 3.8) is 0 Å². The van der Waals surface area contributed by atoms with Gasteiger partial charge in [0, 0.05) is 19.1 Å². The van der Waals surface area contributed by atoms with Crippen molar-refractivity contribution >= 4 is 5.69 Å². The zero-order valence-corrected chi connectivity index (χ0v) is 11.3. The molecule has 2 nitrogen and oxygen atoms in total. The smallest absolute Gasteiger partial charge is 0.146 e. The second-order valence-electron chi connectivity index (χ2n) is 5.52. The summed E-state index contributed by atoms with van der Waals surface area (Å²) < 4.78 is 14.1. The first-order valence-corrected chi connectivity index (χ1v) is 6.88. The van der Waals surface area contributed by atoms with Crippen LogP contribution in [0.1, 0.15) is 44.7 Å². The Kier molecular flexibility index (Phi) is 4.23. The zero-order chi connectivity index (χ0) is 13.1. The van der Waals surface area contributed by atoms with Gasteiger partial charge < -0.3 is 10.6 Å². The largest absolute Gasteiger partial charge is 0.369 e. The highest BCUT2D eigenvalue weighted by atomic mass is 19.1. The van der Waals surface area contributed by atoms with E-state index in [4.69, 9.17) is 5.73 Å². The number of nitrogens with two attached hydrogens (primary N) is 1. The minimum absolute atomic E-state index is 0.113. The molecule has 1 aliphatic rings. The van der Waals surface area contributed by atoms with Crippen LogP contribution < -0.4 is 10.6 Å². The van der Waals surface area contributed by atoms with Gasteiger partial charge in [0.1, 0.15) is 5.82 Å². The van der Waals surface area contributed by atoms with Crippen molar-refractivity contribution in [1.29, 1.82) is 0 Å². The first-order chi connectivity index (χ1) is 8.58. The molecule has 1 aromatic rings. The third-order valence-corrected chi connectivity index (χ3v) is 3.85. The van der Waals surface area contributed by atoms with Crippen LogP contribution in [-0.2, 0) is 0 Å². The fourth-order valence-corrected chi connectivity index (χ4v) is 2.57. The first kappa shape index (κ1) is 13.3. The van der Waals surface area contributed by atoms with Gasteiger partial charge in [-0.1, -0.05) is 13.0 Å². The van der Waals surface area contributed by atoms with E-state index < -0.39 is 0 Å². The van der Waals surface area contributed by atoms with E-state index in [-0.39, 0.29) is 11.9 Å². The van der Waals surface area contributed by atoms with Gasteiger partial charge in [-0.15, -0.1) is 0 Å². The highest BCUT2D eigenvalue weighted by Gasteiger charge is 2.17. The normalized spacial score (nSPS) is 22.7. The lowest BCUT2D eigenvalue weighted by molar-refractivity contribution is 0.520. The van der Waals surface area contributed by atoms with Gasteiger partial charge in [0.05, 0.1) is 5.69 Å². The Hall–Kier alpha value is -1.09. The van der Waals surface area contributed by atoms with Gasteiger partial charge in [0.25, 0.3) is 0 Å². The predicted octanol–water partition coefficient (Wildman–Crippen LogP) is 3.47. The molecule has 2 atom stereocenters. The van der Waals surface area contributed by atoms with Crippen molar-refractivity contribution in [2.45, 2.75) is 39.2 Å². The lowest BCUT2D eigenvalue weighted by Gasteiger charge is -2.24. The van der Waals surface area contributed by atoms with Gasteiger partial charge in [-0.25, -0.2) is 4.39 Å².